The third-order valence-corrected chi connectivity index (χ3v) is 8.09. The molecule has 0 aliphatic rings. The molecule has 0 aliphatic carbocycles. The molecule has 0 aliphatic heterocycles. The Morgan fingerprint density at radius 2 is 1.97 bits per heavy atom. The van der Waals surface area contributed by atoms with E-state index in [0.717, 1.165) is 15.3 Å². The van der Waals surface area contributed by atoms with Crippen LogP contribution in [0.2, 0.25) is 5.02 Å². The Morgan fingerprint density at radius 1 is 1.17 bits per heavy atom. The molecule has 1 unspecified atom stereocenters. The van der Waals surface area contributed by atoms with Crippen molar-refractivity contribution in [1.82, 2.24) is 15.1 Å². The number of benzene rings is 2. The number of nitrogens with zero attached hydrogens (tertiary/aromatic N) is 3. The average Bonchev–Trinajstić information content (AvgIpc) is 3.56. The Hall–Kier alpha value is -3.14. The van der Waals surface area contributed by atoms with Crippen molar-refractivity contribution >= 4 is 51.2 Å². The summed E-state index contributed by atoms with van der Waals surface area (Å²) in [5.74, 6) is -1.64. The highest BCUT2D eigenvalue weighted by molar-refractivity contribution is 7.15. The number of carbonyl (C=O) groups is 2. The Balaban J connectivity index is 1.66. The summed E-state index contributed by atoms with van der Waals surface area (Å²) >= 11 is 9.20. The van der Waals surface area contributed by atoms with E-state index < -0.39 is 5.92 Å². The lowest BCUT2D eigenvalue weighted by molar-refractivity contribution is -0.119. The van der Waals surface area contributed by atoms with E-state index in [0.29, 0.717) is 27.8 Å². The Kier molecular flexibility index (Phi) is 8.13. The molecule has 4 aromatic rings. The molecule has 0 fully saturated rings. The molecule has 2 aromatic carbocycles. The van der Waals surface area contributed by atoms with Gasteiger partial charge in [0.2, 0.25) is 11.0 Å². The van der Waals surface area contributed by atoms with E-state index in [1.165, 1.54) is 34.8 Å². The van der Waals surface area contributed by atoms with E-state index in [9.17, 15) is 14.0 Å². The third kappa shape index (κ3) is 5.64. The van der Waals surface area contributed by atoms with Gasteiger partial charge in [-0.15, -0.1) is 21.5 Å². The largest absolute Gasteiger partial charge is 0.342 e. The molecule has 2 aromatic heterocycles. The summed E-state index contributed by atoms with van der Waals surface area (Å²) < 4.78 is 14.2. The van der Waals surface area contributed by atoms with Crippen LogP contribution in [0.3, 0.4) is 0 Å². The van der Waals surface area contributed by atoms with Gasteiger partial charge in [0.15, 0.2) is 0 Å². The highest BCUT2D eigenvalue weighted by Gasteiger charge is 2.29. The second-order valence-electron chi connectivity index (χ2n) is 8.27. The van der Waals surface area contributed by atoms with Gasteiger partial charge in [0.1, 0.15) is 11.3 Å². The van der Waals surface area contributed by atoms with Crippen LogP contribution in [0.4, 0.5) is 9.52 Å². The summed E-state index contributed by atoms with van der Waals surface area (Å²) in [5.41, 5.74) is 3.54. The van der Waals surface area contributed by atoms with Crippen LogP contribution >= 0.6 is 34.3 Å². The molecule has 36 heavy (non-hydrogen) atoms. The Bertz CT molecular complexity index is 1380. The first kappa shape index (κ1) is 25.9. The number of rotatable bonds is 8. The molecule has 0 radical (unpaired) electrons. The molecule has 0 saturated heterocycles. The lowest BCUT2D eigenvalue weighted by Gasteiger charge is -2.22. The number of hydrogen-bond donors (Lipinski definition) is 1. The van der Waals surface area contributed by atoms with Crippen LogP contribution in [0, 0.1) is 11.7 Å². The molecule has 6 nitrogen and oxygen atoms in total. The number of carbonyl (C=O) groups excluding carboxylic acids is 2. The first-order valence-corrected chi connectivity index (χ1v) is 13.3. The van der Waals surface area contributed by atoms with Gasteiger partial charge >= 0.3 is 0 Å². The molecule has 0 bridgehead atoms. The van der Waals surface area contributed by atoms with Gasteiger partial charge in [-0.05, 0) is 54.4 Å². The van der Waals surface area contributed by atoms with Gasteiger partial charge in [0.05, 0.1) is 10.6 Å². The van der Waals surface area contributed by atoms with E-state index >= 15 is 0 Å². The molecule has 2 amide bonds. The lowest BCUT2D eigenvalue weighted by Crippen LogP contribution is -2.26. The maximum atomic E-state index is 14.2. The van der Waals surface area contributed by atoms with Crippen LogP contribution in [-0.4, -0.2) is 40.5 Å². The summed E-state index contributed by atoms with van der Waals surface area (Å²) in [6, 6.07) is 15.6. The minimum Gasteiger partial charge on any atom is -0.342 e. The van der Waals surface area contributed by atoms with E-state index in [1.54, 1.807) is 35.7 Å². The van der Waals surface area contributed by atoms with Crippen molar-refractivity contribution in [2.24, 2.45) is 5.92 Å². The predicted molar refractivity (Wildman–Crippen MR) is 143 cm³/mol. The zero-order valence-electron chi connectivity index (χ0n) is 19.9. The van der Waals surface area contributed by atoms with E-state index in [4.69, 9.17) is 11.6 Å². The zero-order valence-corrected chi connectivity index (χ0v) is 22.3. The average molecular weight is 543 g/mol. The van der Waals surface area contributed by atoms with Crippen LogP contribution in [0.1, 0.15) is 40.6 Å². The molecule has 0 spiro atoms. The van der Waals surface area contributed by atoms with Crippen molar-refractivity contribution in [2.45, 2.75) is 19.8 Å². The minimum absolute atomic E-state index is 0.137. The molecule has 2 atom stereocenters. The normalized spacial score (nSPS) is 12.7. The zero-order chi connectivity index (χ0) is 25.8. The first-order valence-electron chi connectivity index (χ1n) is 11.3. The smallest absolute Gasteiger partial charge is 0.255 e. The molecule has 0 saturated carbocycles. The number of halogens is 2. The Labute approximate surface area is 221 Å². The SMILES string of the molecule is CCN(C)C(=O)c1ccc(-c2ccc([C@@H](c3cccc(F)c3)C(C)C(=O)Nc3nncs3)s2)cc1Cl. The van der Waals surface area contributed by atoms with E-state index in [-0.39, 0.29) is 23.5 Å². The molecule has 4 rings (SSSR count). The molecule has 2 heterocycles. The van der Waals surface area contributed by atoms with Crippen molar-refractivity contribution < 1.29 is 14.0 Å². The van der Waals surface area contributed by atoms with Crippen molar-refractivity contribution in [2.75, 3.05) is 18.9 Å². The number of amides is 2. The second kappa shape index (κ2) is 11.3. The third-order valence-electron chi connectivity index (χ3n) is 5.95. The fourth-order valence-electron chi connectivity index (χ4n) is 3.86. The maximum absolute atomic E-state index is 14.2. The molecule has 1 N–H and O–H groups in total. The van der Waals surface area contributed by atoms with Crippen LogP contribution in [0.5, 0.6) is 0 Å². The van der Waals surface area contributed by atoms with Gasteiger partial charge in [-0.2, -0.15) is 0 Å². The van der Waals surface area contributed by atoms with Crippen LogP contribution in [-0.2, 0) is 4.79 Å². The molecule has 10 heteroatoms. The van der Waals surface area contributed by atoms with Gasteiger partial charge in [-0.1, -0.05) is 48.1 Å². The summed E-state index contributed by atoms with van der Waals surface area (Å²) in [5, 5.41) is 11.2. The van der Waals surface area contributed by atoms with Crippen molar-refractivity contribution in [3.8, 4) is 10.4 Å². The number of hydrogen-bond acceptors (Lipinski definition) is 6. The van der Waals surface area contributed by atoms with Gasteiger partial charge in [-0.25, -0.2) is 4.39 Å². The lowest BCUT2D eigenvalue weighted by atomic mass is 9.85. The fraction of sp³-hybridized carbons (Fsp3) is 0.231. The van der Waals surface area contributed by atoms with Crippen LogP contribution in [0.25, 0.3) is 10.4 Å². The highest BCUT2D eigenvalue weighted by atomic mass is 35.5. The molecule has 186 valence electrons. The van der Waals surface area contributed by atoms with E-state index in [2.05, 4.69) is 15.5 Å². The first-order chi connectivity index (χ1) is 17.3. The molecular weight excluding hydrogens is 519 g/mol. The number of nitrogens with one attached hydrogen (secondary N) is 1. The van der Waals surface area contributed by atoms with Crippen molar-refractivity contribution in [3.63, 3.8) is 0 Å². The summed E-state index contributed by atoms with van der Waals surface area (Å²) in [6.07, 6.45) is 0. The van der Waals surface area contributed by atoms with Crippen molar-refractivity contribution in [1.29, 1.82) is 0 Å². The summed E-state index contributed by atoms with van der Waals surface area (Å²) in [4.78, 5) is 29.0. The number of aromatic nitrogens is 2. The maximum Gasteiger partial charge on any atom is 0.255 e. The van der Waals surface area contributed by atoms with Gasteiger partial charge in [0, 0.05) is 35.2 Å². The van der Waals surface area contributed by atoms with Gasteiger partial charge in [0.25, 0.3) is 5.91 Å². The summed E-state index contributed by atoms with van der Waals surface area (Å²) in [7, 11) is 1.73. The highest BCUT2D eigenvalue weighted by Crippen LogP contribution is 2.40. The topological polar surface area (TPSA) is 75.2 Å². The van der Waals surface area contributed by atoms with Crippen molar-refractivity contribution in [3.05, 3.63) is 87.0 Å². The number of thiophene rings is 1. The minimum atomic E-state index is -0.518. The second-order valence-corrected chi connectivity index (χ2v) is 10.6. The monoisotopic (exact) mass is 542 g/mol. The number of anilines is 1. The quantitative estimate of drug-likeness (QED) is 0.274. The van der Waals surface area contributed by atoms with Gasteiger partial charge < -0.3 is 10.2 Å². The van der Waals surface area contributed by atoms with Gasteiger partial charge in [-0.3, -0.25) is 9.59 Å². The van der Waals surface area contributed by atoms with Crippen LogP contribution in [0.15, 0.2) is 60.1 Å². The summed E-state index contributed by atoms with van der Waals surface area (Å²) in [6.45, 7) is 4.29. The van der Waals surface area contributed by atoms with E-state index in [1.807, 2.05) is 38.1 Å². The predicted octanol–water partition coefficient (Wildman–Crippen LogP) is 6.56. The standard InChI is InChI=1S/C26H24ClFN4O2S2/c1-4-32(3)25(34)19-9-8-16(13-20(19)27)21-10-11-22(36-21)23(17-6-5-7-18(28)12-17)15(2)24(33)30-26-31-29-14-35-26/h5-15,23H,4H2,1-3H3,(H,30,31,33)/t15?,23-/m1/s1. The molecular formula is C26H24ClFN4O2S2. The fourth-order valence-corrected chi connectivity index (χ4v) is 5.81. The Morgan fingerprint density at radius 3 is 2.64 bits per heavy atom. The van der Waals surface area contributed by atoms with Crippen LogP contribution < -0.4 is 5.32 Å².